The second-order valence-corrected chi connectivity index (χ2v) is 7.24. The van der Waals surface area contributed by atoms with Crippen molar-refractivity contribution in [1.82, 2.24) is 20.3 Å². The van der Waals surface area contributed by atoms with E-state index < -0.39 is 0 Å². The summed E-state index contributed by atoms with van der Waals surface area (Å²) in [5.74, 6) is 0.364. The minimum atomic E-state index is -0.129. The number of rotatable bonds is 6. The summed E-state index contributed by atoms with van der Waals surface area (Å²) >= 11 is 1.64. The summed E-state index contributed by atoms with van der Waals surface area (Å²) in [5.41, 5.74) is 4.00. The van der Waals surface area contributed by atoms with E-state index in [4.69, 9.17) is 4.74 Å². The van der Waals surface area contributed by atoms with Crippen LogP contribution in [0.3, 0.4) is 0 Å². The number of nitrogens with one attached hydrogen (secondary N) is 1. The van der Waals surface area contributed by atoms with Gasteiger partial charge in [-0.15, -0.1) is 11.3 Å². The van der Waals surface area contributed by atoms with Crippen LogP contribution in [0.4, 0.5) is 0 Å². The van der Waals surface area contributed by atoms with Crippen LogP contribution in [-0.4, -0.2) is 28.0 Å². The fraction of sp³-hybridized carbons (Fsp3) is 0.300. The van der Waals surface area contributed by atoms with E-state index in [0.717, 1.165) is 38.8 Å². The highest BCUT2D eigenvalue weighted by molar-refractivity contribution is 7.11. The normalized spacial score (nSPS) is 10.7. The highest BCUT2D eigenvalue weighted by Gasteiger charge is 2.14. The Kier molecular flexibility index (Phi) is 5.81. The molecule has 0 saturated carbocycles. The number of nitrogens with zero attached hydrogens (tertiary/aromatic N) is 3. The molecule has 7 heteroatoms. The van der Waals surface area contributed by atoms with Crippen molar-refractivity contribution in [2.24, 2.45) is 0 Å². The molecule has 1 aromatic carbocycles. The molecule has 0 aliphatic rings. The van der Waals surface area contributed by atoms with Crippen LogP contribution in [0, 0.1) is 13.8 Å². The summed E-state index contributed by atoms with van der Waals surface area (Å²) in [6.45, 7) is 6.42. The molecule has 1 N–H and O–H groups in total. The van der Waals surface area contributed by atoms with Crippen molar-refractivity contribution in [3.63, 3.8) is 0 Å². The van der Waals surface area contributed by atoms with Crippen LogP contribution in [0.2, 0.25) is 0 Å². The zero-order valence-corrected chi connectivity index (χ0v) is 16.7. The molecule has 0 atom stereocenters. The lowest BCUT2D eigenvalue weighted by Gasteiger charge is -2.11. The van der Waals surface area contributed by atoms with Crippen molar-refractivity contribution in [2.45, 2.75) is 33.7 Å². The van der Waals surface area contributed by atoms with Gasteiger partial charge in [0.15, 0.2) is 0 Å². The van der Waals surface area contributed by atoms with E-state index in [-0.39, 0.29) is 5.91 Å². The summed E-state index contributed by atoms with van der Waals surface area (Å²) in [4.78, 5) is 26.6. The maximum absolute atomic E-state index is 12.6. The number of methoxy groups -OCH3 is 1. The molecule has 0 aliphatic heterocycles. The monoisotopic (exact) mass is 382 g/mol. The van der Waals surface area contributed by atoms with Gasteiger partial charge in [-0.3, -0.25) is 4.79 Å². The second-order valence-electron chi connectivity index (χ2n) is 6.08. The average molecular weight is 382 g/mol. The summed E-state index contributed by atoms with van der Waals surface area (Å²) in [6, 6.07) is 7.40. The molecule has 0 bridgehead atoms. The van der Waals surface area contributed by atoms with Gasteiger partial charge in [-0.1, -0.05) is 19.1 Å². The van der Waals surface area contributed by atoms with E-state index in [9.17, 15) is 4.79 Å². The molecule has 0 spiro atoms. The average Bonchev–Trinajstić information content (AvgIpc) is 3.05. The number of hydrogen-bond acceptors (Lipinski definition) is 6. The molecule has 1 amide bonds. The maximum Gasteiger partial charge on any atom is 0.251 e. The van der Waals surface area contributed by atoms with Crippen LogP contribution in [0.1, 0.15) is 38.6 Å². The van der Waals surface area contributed by atoms with Crippen LogP contribution >= 0.6 is 11.3 Å². The van der Waals surface area contributed by atoms with Crippen LogP contribution in [0.15, 0.2) is 30.6 Å². The molecule has 6 nitrogen and oxygen atoms in total. The largest absolute Gasteiger partial charge is 0.480 e. The maximum atomic E-state index is 12.6. The van der Waals surface area contributed by atoms with E-state index in [1.807, 2.05) is 32.0 Å². The summed E-state index contributed by atoms with van der Waals surface area (Å²) in [5, 5.41) is 4.07. The third kappa shape index (κ3) is 4.14. The number of aromatic nitrogens is 3. The fourth-order valence-corrected chi connectivity index (χ4v) is 3.77. The third-order valence-corrected chi connectivity index (χ3v) is 5.56. The molecule has 140 valence electrons. The van der Waals surface area contributed by atoms with Crippen molar-refractivity contribution in [3.05, 3.63) is 57.4 Å². The topological polar surface area (TPSA) is 77.0 Å². The number of ether oxygens (including phenoxy) is 1. The predicted molar refractivity (Wildman–Crippen MR) is 106 cm³/mol. The van der Waals surface area contributed by atoms with E-state index in [1.54, 1.807) is 24.5 Å². The van der Waals surface area contributed by atoms with Gasteiger partial charge in [0, 0.05) is 10.4 Å². The van der Waals surface area contributed by atoms with Crippen molar-refractivity contribution >= 4 is 17.2 Å². The fourth-order valence-electron chi connectivity index (χ4n) is 2.82. The Balaban J connectivity index is 1.81. The van der Waals surface area contributed by atoms with Crippen molar-refractivity contribution < 1.29 is 9.53 Å². The van der Waals surface area contributed by atoms with Crippen LogP contribution < -0.4 is 10.1 Å². The first kappa shape index (κ1) is 19.0. The zero-order valence-electron chi connectivity index (χ0n) is 15.9. The number of amides is 1. The van der Waals surface area contributed by atoms with Gasteiger partial charge in [-0.2, -0.15) is 0 Å². The first-order valence-electron chi connectivity index (χ1n) is 8.72. The van der Waals surface area contributed by atoms with Gasteiger partial charge in [0.25, 0.3) is 5.91 Å². The summed E-state index contributed by atoms with van der Waals surface area (Å²) in [6.07, 6.45) is 2.37. The molecule has 0 radical (unpaired) electrons. The van der Waals surface area contributed by atoms with Crippen LogP contribution in [-0.2, 0) is 13.0 Å². The Morgan fingerprint density at radius 3 is 2.74 bits per heavy atom. The van der Waals surface area contributed by atoms with Gasteiger partial charge in [0.05, 0.1) is 35.6 Å². The van der Waals surface area contributed by atoms with Crippen LogP contribution in [0.25, 0.3) is 11.1 Å². The van der Waals surface area contributed by atoms with Gasteiger partial charge < -0.3 is 10.1 Å². The molecule has 0 fully saturated rings. The highest BCUT2D eigenvalue weighted by Crippen LogP contribution is 2.30. The third-order valence-electron chi connectivity index (χ3n) is 4.26. The Morgan fingerprint density at radius 1 is 1.22 bits per heavy atom. The second kappa shape index (κ2) is 8.26. The quantitative estimate of drug-likeness (QED) is 0.703. The van der Waals surface area contributed by atoms with E-state index in [0.29, 0.717) is 18.0 Å². The first-order valence-corrected chi connectivity index (χ1v) is 9.54. The van der Waals surface area contributed by atoms with Gasteiger partial charge in [0.2, 0.25) is 5.88 Å². The predicted octanol–water partition coefficient (Wildman–Crippen LogP) is 3.72. The summed E-state index contributed by atoms with van der Waals surface area (Å²) in [7, 11) is 1.57. The molecule has 27 heavy (non-hydrogen) atoms. The SMILES string of the molecule is CCc1nc(C)c(CNC(=O)c2cccc(-c3c(C)ncnc3OC)c2)s1. The molecular weight excluding hydrogens is 360 g/mol. The number of carbonyl (C=O) groups is 1. The minimum Gasteiger partial charge on any atom is -0.480 e. The van der Waals surface area contributed by atoms with Gasteiger partial charge in [-0.05, 0) is 38.0 Å². The van der Waals surface area contributed by atoms with Crippen molar-refractivity contribution in [1.29, 1.82) is 0 Å². The molecule has 2 heterocycles. The molecule has 0 saturated heterocycles. The Hall–Kier alpha value is -2.80. The van der Waals surface area contributed by atoms with Gasteiger partial charge >= 0.3 is 0 Å². The standard InChI is InChI=1S/C20H22N4O2S/c1-5-17-24-12(2)16(27-17)10-21-19(25)15-8-6-7-14(9-15)18-13(3)22-11-23-20(18)26-4/h6-9,11H,5,10H2,1-4H3,(H,21,25). The summed E-state index contributed by atoms with van der Waals surface area (Å²) < 4.78 is 5.36. The molecule has 0 aliphatic carbocycles. The van der Waals surface area contributed by atoms with E-state index >= 15 is 0 Å². The number of aryl methyl sites for hydroxylation is 3. The lowest BCUT2D eigenvalue weighted by Crippen LogP contribution is -2.22. The van der Waals surface area contributed by atoms with Gasteiger partial charge in [0.1, 0.15) is 6.33 Å². The van der Waals surface area contributed by atoms with Crippen LogP contribution in [0.5, 0.6) is 5.88 Å². The molecule has 3 aromatic rings. The lowest BCUT2D eigenvalue weighted by atomic mass is 10.0. The smallest absolute Gasteiger partial charge is 0.251 e. The van der Waals surface area contributed by atoms with E-state index in [2.05, 4.69) is 27.2 Å². The Labute approximate surface area is 162 Å². The van der Waals surface area contributed by atoms with E-state index in [1.165, 1.54) is 6.33 Å². The minimum absolute atomic E-state index is 0.129. The van der Waals surface area contributed by atoms with Crippen molar-refractivity contribution in [2.75, 3.05) is 7.11 Å². The molecule has 2 aromatic heterocycles. The first-order chi connectivity index (χ1) is 13.0. The number of benzene rings is 1. The number of carbonyl (C=O) groups excluding carboxylic acids is 1. The number of hydrogen-bond donors (Lipinski definition) is 1. The Bertz CT molecular complexity index is 968. The van der Waals surface area contributed by atoms with Crippen molar-refractivity contribution in [3.8, 4) is 17.0 Å². The lowest BCUT2D eigenvalue weighted by molar-refractivity contribution is 0.0951. The Morgan fingerprint density at radius 2 is 2.04 bits per heavy atom. The van der Waals surface area contributed by atoms with Gasteiger partial charge in [-0.25, -0.2) is 15.0 Å². The zero-order chi connectivity index (χ0) is 19.4. The molecule has 0 unspecified atom stereocenters. The number of thiazole rings is 1. The molecule has 3 rings (SSSR count). The highest BCUT2D eigenvalue weighted by atomic mass is 32.1. The molecular formula is C20H22N4O2S.